The highest BCUT2D eigenvalue weighted by Crippen LogP contribution is 2.30. The van der Waals surface area contributed by atoms with Crippen LogP contribution in [0, 0.1) is 0 Å². The fourth-order valence-corrected chi connectivity index (χ4v) is 3.03. The summed E-state index contributed by atoms with van der Waals surface area (Å²) in [5.74, 6) is -0.139. The first-order valence-electron chi connectivity index (χ1n) is 7.93. The largest absolute Gasteiger partial charge is 0.411 e. The summed E-state index contributed by atoms with van der Waals surface area (Å²) in [4.78, 5) is 14.3. The minimum absolute atomic E-state index is 0.00684. The molecule has 0 radical (unpaired) electrons. The molecule has 0 spiro atoms. The van der Waals surface area contributed by atoms with Crippen LogP contribution in [0.1, 0.15) is 43.8 Å². The summed E-state index contributed by atoms with van der Waals surface area (Å²) >= 11 is 0. The minimum Gasteiger partial charge on any atom is -0.372 e. The topological polar surface area (TPSA) is 34.5 Å². The molecule has 1 amide bonds. The van der Waals surface area contributed by atoms with Crippen molar-refractivity contribution in [2.24, 2.45) is 7.05 Å². The van der Waals surface area contributed by atoms with E-state index in [2.05, 4.69) is 4.74 Å². The van der Waals surface area contributed by atoms with Crippen LogP contribution in [0.15, 0.2) is 18.3 Å². The third kappa shape index (κ3) is 5.27. The summed E-state index contributed by atoms with van der Waals surface area (Å²) in [5.41, 5.74) is 1.07. The van der Waals surface area contributed by atoms with Crippen LogP contribution >= 0.6 is 0 Å². The molecule has 0 aliphatic carbocycles. The molecule has 1 aromatic heterocycles. The molecule has 1 saturated heterocycles. The molecule has 130 valence electrons. The number of rotatable bonds is 5. The van der Waals surface area contributed by atoms with Gasteiger partial charge in [0.05, 0.1) is 19.1 Å². The smallest absolute Gasteiger partial charge is 0.372 e. The number of ether oxygens (including phenoxy) is 1. The highest BCUT2D eigenvalue weighted by Gasteiger charge is 2.29. The predicted molar refractivity (Wildman–Crippen MR) is 79.8 cm³/mol. The third-order valence-corrected chi connectivity index (χ3v) is 4.12. The Balaban J connectivity index is 1.96. The lowest BCUT2D eigenvalue weighted by Gasteiger charge is -2.30. The number of alkyl halides is 3. The van der Waals surface area contributed by atoms with Gasteiger partial charge in [0.15, 0.2) is 0 Å². The van der Waals surface area contributed by atoms with Crippen molar-refractivity contribution in [2.45, 2.75) is 44.3 Å². The zero-order valence-corrected chi connectivity index (χ0v) is 13.3. The van der Waals surface area contributed by atoms with Crippen LogP contribution in [0.25, 0.3) is 0 Å². The average Bonchev–Trinajstić information content (AvgIpc) is 2.75. The molecular weight excluding hydrogens is 309 g/mol. The van der Waals surface area contributed by atoms with E-state index in [9.17, 15) is 18.0 Å². The van der Waals surface area contributed by atoms with Crippen molar-refractivity contribution in [2.75, 3.05) is 19.8 Å². The van der Waals surface area contributed by atoms with Crippen LogP contribution in [0.5, 0.6) is 0 Å². The molecule has 1 aliphatic rings. The van der Waals surface area contributed by atoms with Crippen molar-refractivity contribution in [3.8, 4) is 0 Å². The first kappa shape index (κ1) is 17.8. The summed E-state index contributed by atoms with van der Waals surface area (Å²) in [7, 11) is 1.94. The number of carbonyl (C=O) groups is 1. The quantitative estimate of drug-likeness (QED) is 0.774. The standard InChI is InChI=1S/C16H23F3N2O2/c1-20-9-5-7-13(20)14-6-3-2-4-10-21(14)15(22)8-11-23-12-16(17,18)19/h5,7,9,14H,2-4,6,8,10-12H2,1H3. The van der Waals surface area contributed by atoms with Gasteiger partial charge in [-0.2, -0.15) is 13.2 Å². The molecule has 0 saturated carbocycles. The number of halogens is 3. The molecule has 23 heavy (non-hydrogen) atoms. The second kappa shape index (κ2) is 7.86. The van der Waals surface area contributed by atoms with Gasteiger partial charge in [-0.3, -0.25) is 4.79 Å². The van der Waals surface area contributed by atoms with E-state index in [1.54, 1.807) is 4.90 Å². The Kier molecular flexibility index (Phi) is 6.10. The Morgan fingerprint density at radius 2 is 2.13 bits per heavy atom. The maximum atomic E-state index is 12.4. The van der Waals surface area contributed by atoms with E-state index >= 15 is 0 Å². The lowest BCUT2D eigenvalue weighted by molar-refractivity contribution is -0.175. The predicted octanol–water partition coefficient (Wildman–Crippen LogP) is 3.44. The van der Waals surface area contributed by atoms with Crippen LogP contribution in [0.4, 0.5) is 13.2 Å². The lowest BCUT2D eigenvalue weighted by atomic mass is 10.1. The van der Waals surface area contributed by atoms with Crippen LogP contribution in [-0.2, 0) is 16.6 Å². The Morgan fingerprint density at radius 1 is 1.35 bits per heavy atom. The Bertz CT molecular complexity index is 514. The van der Waals surface area contributed by atoms with Crippen molar-refractivity contribution < 1.29 is 22.7 Å². The summed E-state index contributed by atoms with van der Waals surface area (Å²) < 4.78 is 42.7. The number of amides is 1. The van der Waals surface area contributed by atoms with E-state index in [0.29, 0.717) is 6.54 Å². The van der Waals surface area contributed by atoms with Gasteiger partial charge in [-0.1, -0.05) is 12.8 Å². The second-order valence-corrected chi connectivity index (χ2v) is 5.91. The molecule has 7 heteroatoms. The molecule has 0 bridgehead atoms. The number of likely N-dealkylation sites (tertiary alicyclic amines) is 1. The Morgan fingerprint density at radius 3 is 2.78 bits per heavy atom. The number of nitrogens with zero attached hydrogens (tertiary/aromatic N) is 2. The number of hydrogen-bond donors (Lipinski definition) is 0. The Hall–Kier alpha value is -1.50. The highest BCUT2D eigenvalue weighted by molar-refractivity contribution is 5.76. The maximum Gasteiger partial charge on any atom is 0.411 e. The summed E-state index contributed by atoms with van der Waals surface area (Å²) in [6.45, 7) is -0.857. The Labute approximate surface area is 134 Å². The zero-order valence-electron chi connectivity index (χ0n) is 13.3. The molecule has 1 atom stereocenters. The van der Waals surface area contributed by atoms with Gasteiger partial charge in [-0.05, 0) is 25.0 Å². The van der Waals surface area contributed by atoms with E-state index in [1.165, 1.54) is 0 Å². The van der Waals surface area contributed by atoms with Crippen molar-refractivity contribution in [1.82, 2.24) is 9.47 Å². The molecular formula is C16H23F3N2O2. The van der Waals surface area contributed by atoms with Gasteiger partial charge in [0.1, 0.15) is 6.61 Å². The molecule has 1 aliphatic heterocycles. The number of aryl methyl sites for hydroxylation is 1. The summed E-state index contributed by atoms with van der Waals surface area (Å²) in [6.07, 6.45) is 1.49. The average molecular weight is 332 g/mol. The van der Waals surface area contributed by atoms with Crippen LogP contribution in [-0.4, -0.2) is 41.3 Å². The molecule has 1 fully saturated rings. The van der Waals surface area contributed by atoms with Gasteiger partial charge in [0.2, 0.25) is 5.91 Å². The van der Waals surface area contributed by atoms with Crippen molar-refractivity contribution >= 4 is 5.91 Å². The highest BCUT2D eigenvalue weighted by atomic mass is 19.4. The maximum absolute atomic E-state index is 12.4. The number of aromatic nitrogens is 1. The molecule has 0 N–H and O–H groups in total. The summed E-state index contributed by atoms with van der Waals surface area (Å²) in [6, 6.07) is 3.93. The third-order valence-electron chi connectivity index (χ3n) is 4.12. The molecule has 1 unspecified atom stereocenters. The van der Waals surface area contributed by atoms with Gasteiger partial charge >= 0.3 is 6.18 Å². The number of hydrogen-bond acceptors (Lipinski definition) is 2. The lowest BCUT2D eigenvalue weighted by Crippen LogP contribution is -2.36. The zero-order chi connectivity index (χ0) is 16.9. The fourth-order valence-electron chi connectivity index (χ4n) is 3.03. The monoisotopic (exact) mass is 332 g/mol. The first-order valence-corrected chi connectivity index (χ1v) is 7.93. The van der Waals surface area contributed by atoms with Gasteiger partial charge in [0, 0.05) is 25.5 Å². The van der Waals surface area contributed by atoms with Gasteiger partial charge in [-0.25, -0.2) is 0 Å². The second-order valence-electron chi connectivity index (χ2n) is 5.91. The molecule has 2 rings (SSSR count). The van der Waals surface area contributed by atoms with Crippen molar-refractivity contribution in [3.63, 3.8) is 0 Å². The van der Waals surface area contributed by atoms with Gasteiger partial charge < -0.3 is 14.2 Å². The van der Waals surface area contributed by atoms with Crippen molar-refractivity contribution in [3.05, 3.63) is 24.0 Å². The molecule has 1 aromatic rings. The van der Waals surface area contributed by atoms with Crippen LogP contribution < -0.4 is 0 Å². The van der Waals surface area contributed by atoms with E-state index in [4.69, 9.17) is 0 Å². The van der Waals surface area contributed by atoms with E-state index in [1.807, 2.05) is 29.9 Å². The molecule has 0 aromatic carbocycles. The first-order chi connectivity index (χ1) is 10.9. The molecule has 4 nitrogen and oxygen atoms in total. The van der Waals surface area contributed by atoms with Crippen LogP contribution in [0.2, 0.25) is 0 Å². The van der Waals surface area contributed by atoms with Gasteiger partial charge in [-0.15, -0.1) is 0 Å². The van der Waals surface area contributed by atoms with E-state index < -0.39 is 12.8 Å². The fraction of sp³-hybridized carbons (Fsp3) is 0.688. The van der Waals surface area contributed by atoms with E-state index in [0.717, 1.165) is 31.4 Å². The molecule has 2 heterocycles. The summed E-state index contributed by atoms with van der Waals surface area (Å²) in [5, 5.41) is 0. The SMILES string of the molecule is Cn1cccc1C1CCCCCN1C(=O)CCOCC(F)(F)F. The number of carbonyl (C=O) groups excluding carboxylic acids is 1. The minimum atomic E-state index is -4.35. The van der Waals surface area contributed by atoms with E-state index in [-0.39, 0.29) is 25.0 Å². The van der Waals surface area contributed by atoms with Crippen LogP contribution in [0.3, 0.4) is 0 Å². The van der Waals surface area contributed by atoms with Gasteiger partial charge in [0.25, 0.3) is 0 Å². The van der Waals surface area contributed by atoms with Crippen molar-refractivity contribution in [1.29, 1.82) is 0 Å². The normalized spacial score (nSPS) is 19.7.